The SMILES string of the molecule is CCOC(=O)c1ccc(CC(=O)NC(c2cccnc2)c2ccccc2N2CCCCC2)cc1. The van der Waals surface area contributed by atoms with Gasteiger partial charge in [-0.3, -0.25) is 9.78 Å². The van der Waals surface area contributed by atoms with Gasteiger partial charge in [-0.2, -0.15) is 0 Å². The molecule has 6 nitrogen and oxygen atoms in total. The Kier molecular flexibility index (Phi) is 7.91. The van der Waals surface area contributed by atoms with Crippen LogP contribution >= 0.6 is 0 Å². The molecule has 1 N–H and O–H groups in total. The summed E-state index contributed by atoms with van der Waals surface area (Å²) in [5.74, 6) is -0.448. The largest absolute Gasteiger partial charge is 0.462 e. The van der Waals surface area contributed by atoms with Crippen molar-refractivity contribution in [3.63, 3.8) is 0 Å². The molecule has 1 aliphatic rings. The Labute approximate surface area is 201 Å². The molecule has 0 bridgehead atoms. The summed E-state index contributed by atoms with van der Waals surface area (Å²) in [5.41, 5.74) is 4.49. The van der Waals surface area contributed by atoms with Crippen molar-refractivity contribution in [2.24, 2.45) is 0 Å². The van der Waals surface area contributed by atoms with Crippen LogP contribution in [0.25, 0.3) is 0 Å². The second-order valence-corrected chi connectivity index (χ2v) is 8.49. The van der Waals surface area contributed by atoms with Crippen molar-refractivity contribution < 1.29 is 14.3 Å². The van der Waals surface area contributed by atoms with Gasteiger partial charge in [-0.05, 0) is 61.6 Å². The first-order chi connectivity index (χ1) is 16.7. The lowest BCUT2D eigenvalue weighted by Gasteiger charge is -2.33. The first-order valence-electron chi connectivity index (χ1n) is 11.9. The third kappa shape index (κ3) is 5.81. The lowest BCUT2D eigenvalue weighted by atomic mass is 9.96. The van der Waals surface area contributed by atoms with Crippen molar-refractivity contribution >= 4 is 17.6 Å². The molecule has 34 heavy (non-hydrogen) atoms. The van der Waals surface area contributed by atoms with Crippen LogP contribution in [0.5, 0.6) is 0 Å². The highest BCUT2D eigenvalue weighted by Crippen LogP contribution is 2.32. The van der Waals surface area contributed by atoms with E-state index in [1.54, 1.807) is 37.4 Å². The first-order valence-corrected chi connectivity index (χ1v) is 11.9. The van der Waals surface area contributed by atoms with Crippen LogP contribution in [0.3, 0.4) is 0 Å². The number of benzene rings is 2. The number of anilines is 1. The van der Waals surface area contributed by atoms with E-state index in [-0.39, 0.29) is 24.3 Å². The number of aromatic nitrogens is 1. The molecule has 1 unspecified atom stereocenters. The molecule has 176 valence electrons. The normalized spacial score (nSPS) is 14.3. The molecule has 1 fully saturated rings. The third-order valence-electron chi connectivity index (χ3n) is 6.10. The number of para-hydroxylation sites is 1. The molecule has 2 heterocycles. The average molecular weight is 458 g/mol. The van der Waals surface area contributed by atoms with Crippen LogP contribution in [-0.2, 0) is 16.0 Å². The minimum atomic E-state index is -0.357. The number of hydrogen-bond acceptors (Lipinski definition) is 5. The van der Waals surface area contributed by atoms with Gasteiger partial charge in [0.05, 0.1) is 24.6 Å². The smallest absolute Gasteiger partial charge is 0.338 e. The number of nitrogens with zero attached hydrogens (tertiary/aromatic N) is 2. The molecule has 0 aliphatic carbocycles. The van der Waals surface area contributed by atoms with Crippen LogP contribution in [0.15, 0.2) is 73.1 Å². The maximum atomic E-state index is 13.1. The molecular formula is C28H31N3O3. The predicted molar refractivity (Wildman–Crippen MR) is 133 cm³/mol. The molecule has 1 aromatic heterocycles. The number of esters is 1. The molecule has 0 spiro atoms. The molecule has 6 heteroatoms. The van der Waals surface area contributed by atoms with Gasteiger partial charge in [-0.1, -0.05) is 36.4 Å². The highest BCUT2D eigenvalue weighted by atomic mass is 16.5. The first kappa shape index (κ1) is 23.5. The quantitative estimate of drug-likeness (QED) is 0.497. The minimum absolute atomic E-state index is 0.0915. The Morgan fingerprint density at radius 3 is 2.47 bits per heavy atom. The topological polar surface area (TPSA) is 71.5 Å². The van der Waals surface area contributed by atoms with Gasteiger partial charge in [-0.15, -0.1) is 0 Å². The molecule has 3 aromatic rings. The Balaban J connectivity index is 1.55. The van der Waals surface area contributed by atoms with E-state index in [4.69, 9.17) is 4.74 Å². The average Bonchev–Trinajstić information content (AvgIpc) is 2.89. The van der Waals surface area contributed by atoms with Gasteiger partial charge in [0.15, 0.2) is 0 Å². The van der Waals surface area contributed by atoms with Crippen molar-refractivity contribution in [3.05, 3.63) is 95.3 Å². The summed E-state index contributed by atoms with van der Waals surface area (Å²) in [6, 6.07) is 18.9. The number of piperidine rings is 1. The molecule has 1 amide bonds. The van der Waals surface area contributed by atoms with Gasteiger partial charge in [0.2, 0.25) is 5.91 Å². The van der Waals surface area contributed by atoms with Crippen LogP contribution < -0.4 is 10.2 Å². The number of amides is 1. The fourth-order valence-electron chi connectivity index (χ4n) is 4.41. The van der Waals surface area contributed by atoms with Crippen LogP contribution in [0, 0.1) is 0 Å². The van der Waals surface area contributed by atoms with Crippen LogP contribution in [0.2, 0.25) is 0 Å². The van der Waals surface area contributed by atoms with Crippen LogP contribution in [0.1, 0.15) is 59.3 Å². The number of hydrogen-bond donors (Lipinski definition) is 1. The van der Waals surface area contributed by atoms with Gasteiger partial charge >= 0.3 is 5.97 Å². The predicted octanol–water partition coefficient (Wildman–Crippen LogP) is 4.70. The number of carbonyl (C=O) groups is 2. The molecule has 4 rings (SSSR count). The maximum absolute atomic E-state index is 13.1. The summed E-state index contributed by atoms with van der Waals surface area (Å²) >= 11 is 0. The van der Waals surface area contributed by atoms with Gasteiger partial charge in [0.1, 0.15) is 0 Å². The Morgan fingerprint density at radius 2 is 1.76 bits per heavy atom. The number of rotatable bonds is 8. The molecule has 2 aromatic carbocycles. The summed E-state index contributed by atoms with van der Waals surface area (Å²) in [7, 11) is 0. The Hall–Kier alpha value is -3.67. The minimum Gasteiger partial charge on any atom is -0.462 e. The second kappa shape index (κ2) is 11.5. The maximum Gasteiger partial charge on any atom is 0.338 e. The van der Waals surface area contributed by atoms with Crippen molar-refractivity contribution in [3.8, 4) is 0 Å². The number of pyridine rings is 1. The molecule has 1 saturated heterocycles. The van der Waals surface area contributed by atoms with Gasteiger partial charge < -0.3 is 15.0 Å². The van der Waals surface area contributed by atoms with E-state index in [1.165, 1.54) is 19.3 Å². The second-order valence-electron chi connectivity index (χ2n) is 8.49. The van der Waals surface area contributed by atoms with E-state index < -0.39 is 0 Å². The number of ether oxygens (including phenoxy) is 1. The zero-order valence-electron chi connectivity index (χ0n) is 19.6. The zero-order valence-corrected chi connectivity index (χ0v) is 19.6. The van der Waals surface area contributed by atoms with Crippen molar-refractivity contribution in [2.75, 3.05) is 24.6 Å². The number of nitrogens with one attached hydrogen (secondary N) is 1. The van der Waals surface area contributed by atoms with Gasteiger partial charge in [-0.25, -0.2) is 4.79 Å². The van der Waals surface area contributed by atoms with Gasteiger partial charge in [0, 0.05) is 36.7 Å². The van der Waals surface area contributed by atoms with Crippen LogP contribution in [-0.4, -0.2) is 36.6 Å². The summed E-state index contributed by atoms with van der Waals surface area (Å²) in [6.45, 7) is 4.16. The highest BCUT2D eigenvalue weighted by Gasteiger charge is 2.23. The summed E-state index contributed by atoms with van der Waals surface area (Å²) in [4.78, 5) is 31.7. The van der Waals surface area contributed by atoms with Gasteiger partial charge in [0.25, 0.3) is 0 Å². The van der Waals surface area contributed by atoms with E-state index in [9.17, 15) is 9.59 Å². The van der Waals surface area contributed by atoms with E-state index >= 15 is 0 Å². The van der Waals surface area contributed by atoms with E-state index in [2.05, 4.69) is 33.4 Å². The van der Waals surface area contributed by atoms with Crippen LogP contribution in [0.4, 0.5) is 5.69 Å². The number of carbonyl (C=O) groups excluding carboxylic acids is 2. The highest BCUT2D eigenvalue weighted by molar-refractivity contribution is 5.89. The van der Waals surface area contributed by atoms with Crippen molar-refractivity contribution in [1.82, 2.24) is 10.3 Å². The van der Waals surface area contributed by atoms with E-state index in [0.29, 0.717) is 12.2 Å². The van der Waals surface area contributed by atoms with E-state index in [1.807, 2.05) is 24.4 Å². The molecule has 0 saturated carbocycles. The van der Waals surface area contributed by atoms with E-state index in [0.717, 1.165) is 35.5 Å². The monoisotopic (exact) mass is 457 g/mol. The third-order valence-corrected chi connectivity index (χ3v) is 6.10. The zero-order chi connectivity index (χ0) is 23.8. The molecule has 0 radical (unpaired) electrons. The van der Waals surface area contributed by atoms with Crippen molar-refractivity contribution in [1.29, 1.82) is 0 Å². The molecule has 1 aliphatic heterocycles. The summed E-state index contributed by atoms with van der Waals surface area (Å²) in [6.07, 6.45) is 7.39. The standard InChI is InChI=1S/C28H31N3O3/c1-2-34-28(33)22-14-12-21(13-15-22)19-26(32)30-27(23-9-8-16-29-20-23)24-10-4-5-11-25(24)31-17-6-3-7-18-31/h4-5,8-16,20,27H,2-3,6-7,17-19H2,1H3,(H,30,32). The lowest BCUT2D eigenvalue weighted by molar-refractivity contribution is -0.120. The molecule has 1 atom stereocenters. The van der Waals surface area contributed by atoms with Crippen molar-refractivity contribution in [2.45, 2.75) is 38.6 Å². The Bertz CT molecular complexity index is 1090. The Morgan fingerprint density at radius 1 is 1.00 bits per heavy atom. The summed E-state index contributed by atoms with van der Waals surface area (Å²) < 4.78 is 5.03. The molecular weight excluding hydrogens is 426 g/mol. The fraction of sp³-hybridized carbons (Fsp3) is 0.321. The fourth-order valence-corrected chi connectivity index (χ4v) is 4.41. The lowest BCUT2D eigenvalue weighted by Crippen LogP contribution is -2.34. The summed E-state index contributed by atoms with van der Waals surface area (Å²) in [5, 5.41) is 3.24.